The summed E-state index contributed by atoms with van der Waals surface area (Å²) in [6, 6.07) is 9.06. The molecular formula is C13H13N3O3S. The Labute approximate surface area is 116 Å². The molecule has 0 aliphatic rings. The SMILES string of the molecule is NC(=O)c1cccc(S(=O)(=O)NCc2cccnc2)c1. The predicted molar refractivity (Wildman–Crippen MR) is 73.2 cm³/mol. The monoisotopic (exact) mass is 291 g/mol. The lowest BCUT2D eigenvalue weighted by molar-refractivity contribution is 0.1000. The van der Waals surface area contributed by atoms with Crippen LogP contribution in [0.15, 0.2) is 53.7 Å². The van der Waals surface area contributed by atoms with Gasteiger partial charge in [0.2, 0.25) is 15.9 Å². The molecule has 1 aromatic heterocycles. The van der Waals surface area contributed by atoms with Crippen LogP contribution >= 0.6 is 0 Å². The minimum atomic E-state index is -3.70. The predicted octanol–water partition coefficient (Wildman–Crippen LogP) is 0.659. The molecule has 104 valence electrons. The van der Waals surface area contributed by atoms with Gasteiger partial charge in [-0.3, -0.25) is 9.78 Å². The lowest BCUT2D eigenvalue weighted by atomic mass is 10.2. The fraction of sp³-hybridized carbons (Fsp3) is 0.0769. The van der Waals surface area contributed by atoms with Crippen molar-refractivity contribution in [2.75, 3.05) is 0 Å². The van der Waals surface area contributed by atoms with E-state index in [-0.39, 0.29) is 17.0 Å². The Morgan fingerprint density at radius 3 is 2.70 bits per heavy atom. The highest BCUT2D eigenvalue weighted by atomic mass is 32.2. The van der Waals surface area contributed by atoms with Crippen LogP contribution in [0.3, 0.4) is 0 Å². The smallest absolute Gasteiger partial charge is 0.248 e. The van der Waals surface area contributed by atoms with Crippen LogP contribution in [0.1, 0.15) is 15.9 Å². The molecule has 0 aliphatic carbocycles. The molecule has 6 nitrogen and oxygen atoms in total. The van der Waals surface area contributed by atoms with E-state index in [0.29, 0.717) is 0 Å². The van der Waals surface area contributed by atoms with Crippen molar-refractivity contribution < 1.29 is 13.2 Å². The molecule has 0 radical (unpaired) electrons. The molecule has 0 bridgehead atoms. The number of carbonyl (C=O) groups is 1. The molecular weight excluding hydrogens is 278 g/mol. The van der Waals surface area contributed by atoms with Gasteiger partial charge in [0.05, 0.1) is 4.90 Å². The molecule has 0 spiro atoms. The molecule has 1 aromatic carbocycles. The van der Waals surface area contributed by atoms with Crippen molar-refractivity contribution >= 4 is 15.9 Å². The Balaban J connectivity index is 2.18. The Kier molecular flexibility index (Phi) is 4.11. The first-order valence-electron chi connectivity index (χ1n) is 5.77. The third-order valence-electron chi connectivity index (χ3n) is 2.62. The summed E-state index contributed by atoms with van der Waals surface area (Å²) in [5, 5.41) is 0. The summed E-state index contributed by atoms with van der Waals surface area (Å²) in [4.78, 5) is 15.0. The largest absolute Gasteiger partial charge is 0.366 e. The standard InChI is InChI=1S/C13H13N3O3S/c14-13(17)11-4-1-5-12(7-11)20(18,19)16-9-10-3-2-6-15-8-10/h1-8,16H,9H2,(H2,14,17). The molecule has 2 aromatic rings. The van der Waals surface area contributed by atoms with Crippen molar-refractivity contribution in [2.45, 2.75) is 11.4 Å². The van der Waals surface area contributed by atoms with Gasteiger partial charge in [0.1, 0.15) is 0 Å². The maximum absolute atomic E-state index is 12.1. The normalized spacial score (nSPS) is 11.2. The molecule has 0 saturated heterocycles. The van der Waals surface area contributed by atoms with Crippen LogP contribution in [0.2, 0.25) is 0 Å². The zero-order valence-electron chi connectivity index (χ0n) is 10.5. The van der Waals surface area contributed by atoms with Crippen molar-refractivity contribution in [3.63, 3.8) is 0 Å². The van der Waals surface area contributed by atoms with Crippen LogP contribution in [0.5, 0.6) is 0 Å². The third-order valence-corrected chi connectivity index (χ3v) is 4.02. The highest BCUT2D eigenvalue weighted by Gasteiger charge is 2.15. The number of amides is 1. The minimum absolute atomic E-state index is 0.00214. The highest BCUT2D eigenvalue weighted by Crippen LogP contribution is 2.11. The van der Waals surface area contributed by atoms with Crippen LogP contribution in [-0.4, -0.2) is 19.3 Å². The molecule has 1 amide bonds. The van der Waals surface area contributed by atoms with Crippen LogP contribution in [-0.2, 0) is 16.6 Å². The number of nitrogens with one attached hydrogen (secondary N) is 1. The molecule has 0 atom stereocenters. The van der Waals surface area contributed by atoms with E-state index in [1.807, 2.05) is 0 Å². The number of hydrogen-bond donors (Lipinski definition) is 2. The van der Waals surface area contributed by atoms with Gasteiger partial charge in [-0.15, -0.1) is 0 Å². The van der Waals surface area contributed by atoms with E-state index in [0.717, 1.165) is 5.56 Å². The molecule has 0 unspecified atom stereocenters. The quantitative estimate of drug-likeness (QED) is 0.844. The fourth-order valence-corrected chi connectivity index (χ4v) is 2.64. The van der Waals surface area contributed by atoms with Crippen LogP contribution in [0.25, 0.3) is 0 Å². The van der Waals surface area contributed by atoms with Crippen molar-refractivity contribution in [1.29, 1.82) is 0 Å². The second-order valence-electron chi connectivity index (χ2n) is 4.08. The number of hydrogen-bond acceptors (Lipinski definition) is 4. The van der Waals surface area contributed by atoms with Gasteiger partial charge in [0.15, 0.2) is 0 Å². The Morgan fingerprint density at radius 1 is 1.25 bits per heavy atom. The number of primary amides is 1. The molecule has 1 heterocycles. The third kappa shape index (κ3) is 3.40. The number of nitrogens with two attached hydrogens (primary N) is 1. The van der Waals surface area contributed by atoms with E-state index in [9.17, 15) is 13.2 Å². The maximum atomic E-state index is 12.1. The van der Waals surface area contributed by atoms with Gasteiger partial charge in [-0.1, -0.05) is 12.1 Å². The lowest BCUT2D eigenvalue weighted by Gasteiger charge is -2.07. The summed E-state index contributed by atoms with van der Waals surface area (Å²) in [6.07, 6.45) is 3.18. The van der Waals surface area contributed by atoms with E-state index in [1.54, 1.807) is 24.5 Å². The van der Waals surface area contributed by atoms with Gasteiger partial charge >= 0.3 is 0 Å². The first-order valence-corrected chi connectivity index (χ1v) is 7.26. The van der Waals surface area contributed by atoms with Crippen molar-refractivity contribution in [2.24, 2.45) is 5.73 Å². The Bertz CT molecular complexity index is 715. The minimum Gasteiger partial charge on any atom is -0.366 e. The molecule has 7 heteroatoms. The number of rotatable bonds is 5. The average molecular weight is 291 g/mol. The molecule has 0 saturated carbocycles. The second kappa shape index (κ2) is 5.81. The topological polar surface area (TPSA) is 102 Å². The first-order chi connectivity index (χ1) is 9.49. The summed E-state index contributed by atoms with van der Waals surface area (Å²) in [6.45, 7) is 0.122. The number of sulfonamides is 1. The van der Waals surface area contributed by atoms with E-state index in [2.05, 4.69) is 9.71 Å². The number of carbonyl (C=O) groups excluding carboxylic acids is 1. The number of benzene rings is 1. The van der Waals surface area contributed by atoms with E-state index in [1.165, 1.54) is 24.3 Å². The molecule has 3 N–H and O–H groups in total. The summed E-state index contributed by atoms with van der Waals surface area (Å²) in [7, 11) is -3.70. The Morgan fingerprint density at radius 2 is 2.05 bits per heavy atom. The van der Waals surface area contributed by atoms with Gasteiger partial charge in [0, 0.05) is 24.5 Å². The van der Waals surface area contributed by atoms with Crippen molar-refractivity contribution in [3.8, 4) is 0 Å². The summed E-state index contributed by atoms with van der Waals surface area (Å²) < 4.78 is 26.6. The average Bonchev–Trinajstić information content (AvgIpc) is 2.46. The zero-order valence-corrected chi connectivity index (χ0v) is 11.3. The van der Waals surface area contributed by atoms with E-state index < -0.39 is 15.9 Å². The molecule has 2 rings (SSSR count). The number of aromatic nitrogens is 1. The van der Waals surface area contributed by atoms with Gasteiger partial charge in [0.25, 0.3) is 0 Å². The Hall–Kier alpha value is -2.25. The summed E-state index contributed by atoms with van der Waals surface area (Å²) >= 11 is 0. The van der Waals surface area contributed by atoms with Crippen LogP contribution in [0, 0.1) is 0 Å². The van der Waals surface area contributed by atoms with E-state index >= 15 is 0 Å². The van der Waals surface area contributed by atoms with Crippen molar-refractivity contribution in [1.82, 2.24) is 9.71 Å². The van der Waals surface area contributed by atoms with Gasteiger partial charge in [-0.2, -0.15) is 0 Å². The zero-order chi connectivity index (χ0) is 14.6. The summed E-state index contributed by atoms with van der Waals surface area (Å²) in [5.74, 6) is -0.672. The van der Waals surface area contributed by atoms with Gasteiger partial charge in [-0.25, -0.2) is 13.1 Å². The molecule has 0 fully saturated rings. The van der Waals surface area contributed by atoms with Crippen molar-refractivity contribution in [3.05, 3.63) is 59.9 Å². The van der Waals surface area contributed by atoms with Crippen LogP contribution in [0.4, 0.5) is 0 Å². The fourth-order valence-electron chi connectivity index (χ4n) is 1.58. The van der Waals surface area contributed by atoms with Gasteiger partial charge in [-0.05, 0) is 29.8 Å². The van der Waals surface area contributed by atoms with Gasteiger partial charge < -0.3 is 5.73 Å². The maximum Gasteiger partial charge on any atom is 0.248 e. The molecule has 0 aliphatic heterocycles. The van der Waals surface area contributed by atoms with Crippen LogP contribution < -0.4 is 10.5 Å². The second-order valence-corrected chi connectivity index (χ2v) is 5.84. The number of nitrogens with zero attached hydrogens (tertiary/aromatic N) is 1. The highest BCUT2D eigenvalue weighted by molar-refractivity contribution is 7.89. The van der Waals surface area contributed by atoms with E-state index in [4.69, 9.17) is 5.73 Å². The summed E-state index contributed by atoms with van der Waals surface area (Å²) in [5.41, 5.74) is 6.01. The lowest BCUT2D eigenvalue weighted by Crippen LogP contribution is -2.23. The molecule has 20 heavy (non-hydrogen) atoms. The number of pyridine rings is 1. The first kappa shape index (κ1) is 14.2.